The molecule has 72 valence electrons. The van der Waals surface area contributed by atoms with Crippen molar-refractivity contribution in [1.29, 1.82) is 0 Å². The Balaban J connectivity index is 3.18. The smallest absolute Gasteiger partial charge is 0.132 e. The van der Waals surface area contributed by atoms with Crippen LogP contribution in [0.5, 0.6) is 5.75 Å². The number of halogens is 1. The molecule has 0 saturated heterocycles. The molecule has 0 radical (unpaired) electrons. The molecule has 0 aliphatic rings. The largest absolute Gasteiger partial charge is 0.506 e. The average molecular weight is 245 g/mol. The number of hydrogen-bond donors (Lipinski definition) is 2. The highest BCUT2D eigenvalue weighted by Gasteiger charge is 2.12. The zero-order chi connectivity index (χ0) is 10.0. The summed E-state index contributed by atoms with van der Waals surface area (Å²) >= 11 is 3.31. The summed E-state index contributed by atoms with van der Waals surface area (Å²) in [6.07, 6.45) is 0. The standard InChI is InChI=1S/C10H13BrO2/c1-6-3-4-8(7(2)5-12)9(11)10(6)13/h3-4,7,12-13H,5H2,1-2H3. The van der Waals surface area contributed by atoms with Crippen molar-refractivity contribution in [2.24, 2.45) is 0 Å². The van der Waals surface area contributed by atoms with Crippen molar-refractivity contribution in [2.75, 3.05) is 6.61 Å². The first-order valence-corrected chi connectivity index (χ1v) is 4.96. The molecule has 0 aromatic heterocycles. The van der Waals surface area contributed by atoms with Crippen LogP contribution >= 0.6 is 15.9 Å². The average Bonchev–Trinajstić information content (AvgIpc) is 2.13. The SMILES string of the molecule is Cc1ccc(C(C)CO)c(Br)c1O. The number of aryl methyl sites for hydroxylation is 1. The molecule has 0 spiro atoms. The van der Waals surface area contributed by atoms with Gasteiger partial charge in [-0.1, -0.05) is 19.1 Å². The van der Waals surface area contributed by atoms with E-state index in [1.54, 1.807) is 0 Å². The van der Waals surface area contributed by atoms with Gasteiger partial charge in [0.1, 0.15) is 5.75 Å². The summed E-state index contributed by atoms with van der Waals surface area (Å²) in [4.78, 5) is 0. The number of hydrogen-bond acceptors (Lipinski definition) is 2. The Morgan fingerprint density at radius 3 is 2.62 bits per heavy atom. The molecule has 2 nitrogen and oxygen atoms in total. The fourth-order valence-corrected chi connectivity index (χ4v) is 1.99. The van der Waals surface area contributed by atoms with Crippen LogP contribution in [-0.2, 0) is 0 Å². The Morgan fingerprint density at radius 2 is 2.08 bits per heavy atom. The summed E-state index contributed by atoms with van der Waals surface area (Å²) in [6, 6.07) is 3.77. The second-order valence-electron chi connectivity index (χ2n) is 3.22. The minimum absolute atomic E-state index is 0.0425. The first-order chi connectivity index (χ1) is 6.07. The number of phenolic OH excluding ortho intramolecular Hbond substituents is 1. The van der Waals surface area contributed by atoms with Gasteiger partial charge in [0.2, 0.25) is 0 Å². The molecule has 0 fully saturated rings. The normalized spacial score (nSPS) is 12.9. The second kappa shape index (κ2) is 4.11. The van der Waals surface area contributed by atoms with Gasteiger partial charge in [0.15, 0.2) is 0 Å². The fourth-order valence-electron chi connectivity index (χ4n) is 1.16. The van der Waals surface area contributed by atoms with Gasteiger partial charge in [0.05, 0.1) is 4.47 Å². The van der Waals surface area contributed by atoms with E-state index in [2.05, 4.69) is 15.9 Å². The monoisotopic (exact) mass is 244 g/mol. The number of aromatic hydroxyl groups is 1. The van der Waals surface area contributed by atoms with Crippen LogP contribution < -0.4 is 0 Å². The van der Waals surface area contributed by atoms with E-state index in [-0.39, 0.29) is 18.3 Å². The molecule has 0 aliphatic carbocycles. The molecule has 0 aliphatic heterocycles. The molecule has 1 rings (SSSR count). The first-order valence-electron chi connectivity index (χ1n) is 4.16. The van der Waals surface area contributed by atoms with E-state index in [1.165, 1.54) is 0 Å². The van der Waals surface area contributed by atoms with Gasteiger partial charge in [-0.3, -0.25) is 0 Å². The summed E-state index contributed by atoms with van der Waals surface area (Å²) < 4.78 is 0.689. The molecule has 0 heterocycles. The maximum atomic E-state index is 9.60. The number of phenols is 1. The molecular formula is C10H13BrO2. The van der Waals surface area contributed by atoms with Gasteiger partial charge in [-0.25, -0.2) is 0 Å². The van der Waals surface area contributed by atoms with Gasteiger partial charge in [0.25, 0.3) is 0 Å². The molecule has 0 amide bonds. The van der Waals surface area contributed by atoms with E-state index >= 15 is 0 Å². The van der Waals surface area contributed by atoms with E-state index in [9.17, 15) is 5.11 Å². The third kappa shape index (κ3) is 2.03. The summed E-state index contributed by atoms with van der Waals surface area (Å²) in [6.45, 7) is 3.84. The predicted octanol–water partition coefficient (Wildman–Crippen LogP) is 2.56. The van der Waals surface area contributed by atoms with Gasteiger partial charge in [-0.15, -0.1) is 0 Å². The number of benzene rings is 1. The molecule has 2 N–H and O–H groups in total. The third-order valence-corrected chi connectivity index (χ3v) is 2.99. The van der Waals surface area contributed by atoms with E-state index in [4.69, 9.17) is 5.11 Å². The topological polar surface area (TPSA) is 40.5 Å². The molecule has 13 heavy (non-hydrogen) atoms. The van der Waals surface area contributed by atoms with Crippen LogP contribution in [-0.4, -0.2) is 16.8 Å². The number of aliphatic hydroxyl groups excluding tert-OH is 1. The quantitative estimate of drug-likeness (QED) is 0.840. The van der Waals surface area contributed by atoms with E-state index in [1.807, 2.05) is 26.0 Å². The minimum atomic E-state index is 0.0425. The van der Waals surface area contributed by atoms with Crippen LogP contribution in [0.4, 0.5) is 0 Å². The van der Waals surface area contributed by atoms with Crippen LogP contribution in [0.25, 0.3) is 0 Å². The fraction of sp³-hybridized carbons (Fsp3) is 0.400. The maximum absolute atomic E-state index is 9.60. The highest BCUT2D eigenvalue weighted by atomic mass is 79.9. The summed E-state index contributed by atoms with van der Waals surface area (Å²) in [7, 11) is 0. The molecule has 0 bridgehead atoms. The van der Waals surface area contributed by atoms with Crippen LogP contribution in [0, 0.1) is 6.92 Å². The van der Waals surface area contributed by atoms with Crippen molar-refractivity contribution in [3.8, 4) is 5.75 Å². The van der Waals surface area contributed by atoms with Crippen molar-refractivity contribution in [1.82, 2.24) is 0 Å². The zero-order valence-electron chi connectivity index (χ0n) is 7.71. The molecule has 1 aromatic carbocycles. The maximum Gasteiger partial charge on any atom is 0.132 e. The van der Waals surface area contributed by atoms with Crippen molar-refractivity contribution in [2.45, 2.75) is 19.8 Å². The van der Waals surface area contributed by atoms with E-state index in [0.717, 1.165) is 11.1 Å². The Kier molecular flexibility index (Phi) is 3.33. The second-order valence-corrected chi connectivity index (χ2v) is 4.01. The summed E-state index contributed by atoms with van der Waals surface area (Å²) in [5.41, 5.74) is 1.77. The highest BCUT2D eigenvalue weighted by molar-refractivity contribution is 9.10. The first kappa shape index (κ1) is 10.5. The molecule has 1 unspecified atom stereocenters. The lowest BCUT2D eigenvalue weighted by atomic mass is 10.0. The minimum Gasteiger partial charge on any atom is -0.506 e. The summed E-state index contributed by atoms with van der Waals surface area (Å²) in [5, 5.41) is 18.6. The van der Waals surface area contributed by atoms with Crippen LogP contribution in [0.2, 0.25) is 0 Å². The third-order valence-electron chi connectivity index (χ3n) is 2.15. The molecule has 0 saturated carbocycles. The number of rotatable bonds is 2. The Labute approximate surface area is 86.3 Å². The van der Waals surface area contributed by atoms with Gasteiger partial charge in [-0.05, 0) is 34.0 Å². The lowest BCUT2D eigenvalue weighted by molar-refractivity contribution is 0.272. The lowest BCUT2D eigenvalue weighted by Crippen LogP contribution is -2.00. The van der Waals surface area contributed by atoms with Crippen LogP contribution in [0.1, 0.15) is 24.0 Å². The van der Waals surface area contributed by atoms with Crippen molar-refractivity contribution >= 4 is 15.9 Å². The Morgan fingerprint density at radius 1 is 1.46 bits per heavy atom. The predicted molar refractivity (Wildman–Crippen MR) is 56.0 cm³/mol. The van der Waals surface area contributed by atoms with Crippen molar-refractivity contribution < 1.29 is 10.2 Å². The Bertz CT molecular complexity index is 310. The Hall–Kier alpha value is -0.540. The van der Waals surface area contributed by atoms with Gasteiger partial charge in [0, 0.05) is 12.5 Å². The van der Waals surface area contributed by atoms with Crippen LogP contribution in [0.15, 0.2) is 16.6 Å². The van der Waals surface area contributed by atoms with Crippen molar-refractivity contribution in [3.05, 3.63) is 27.7 Å². The highest BCUT2D eigenvalue weighted by Crippen LogP contribution is 2.34. The summed E-state index contributed by atoms with van der Waals surface area (Å²) in [5.74, 6) is 0.304. The molecule has 1 atom stereocenters. The van der Waals surface area contributed by atoms with E-state index < -0.39 is 0 Å². The van der Waals surface area contributed by atoms with Crippen LogP contribution in [0.3, 0.4) is 0 Å². The molecular weight excluding hydrogens is 232 g/mol. The lowest BCUT2D eigenvalue weighted by Gasteiger charge is -2.12. The van der Waals surface area contributed by atoms with E-state index in [0.29, 0.717) is 4.47 Å². The van der Waals surface area contributed by atoms with Crippen molar-refractivity contribution in [3.63, 3.8) is 0 Å². The number of aliphatic hydroxyl groups is 1. The van der Waals surface area contributed by atoms with Gasteiger partial charge < -0.3 is 10.2 Å². The molecule has 1 aromatic rings. The molecule has 3 heteroatoms. The van der Waals surface area contributed by atoms with Gasteiger partial charge >= 0.3 is 0 Å². The van der Waals surface area contributed by atoms with Gasteiger partial charge in [-0.2, -0.15) is 0 Å². The zero-order valence-corrected chi connectivity index (χ0v) is 9.30.